The zero-order valence-electron chi connectivity index (χ0n) is 11.7. The summed E-state index contributed by atoms with van der Waals surface area (Å²) in [6.07, 6.45) is 0.753. The molecule has 1 aliphatic heterocycles. The molecule has 1 saturated heterocycles. The second-order valence-electron chi connectivity index (χ2n) is 5.39. The van der Waals surface area contributed by atoms with Crippen LogP contribution < -0.4 is 0 Å². The average molecular weight is 244 g/mol. The maximum absolute atomic E-state index is 10.2. The van der Waals surface area contributed by atoms with Crippen molar-refractivity contribution >= 4 is 0 Å². The molecule has 0 aromatic carbocycles. The lowest BCUT2D eigenvalue weighted by Crippen LogP contribution is -2.45. The summed E-state index contributed by atoms with van der Waals surface area (Å²) in [5.41, 5.74) is 0. The van der Waals surface area contributed by atoms with Gasteiger partial charge in [0.05, 0.1) is 12.7 Å². The van der Waals surface area contributed by atoms with Crippen molar-refractivity contribution in [1.82, 2.24) is 9.80 Å². The van der Waals surface area contributed by atoms with Crippen LogP contribution in [0.15, 0.2) is 0 Å². The Hall–Kier alpha value is -0.160. The first kappa shape index (κ1) is 14.9. The number of ether oxygens (including phenoxy) is 1. The first-order valence-corrected chi connectivity index (χ1v) is 6.69. The van der Waals surface area contributed by atoms with E-state index in [2.05, 4.69) is 37.7 Å². The van der Waals surface area contributed by atoms with E-state index in [9.17, 15) is 5.11 Å². The van der Waals surface area contributed by atoms with Gasteiger partial charge in [0, 0.05) is 31.7 Å². The molecule has 17 heavy (non-hydrogen) atoms. The van der Waals surface area contributed by atoms with E-state index < -0.39 is 0 Å². The van der Waals surface area contributed by atoms with Gasteiger partial charge in [-0.1, -0.05) is 6.92 Å². The molecule has 0 aliphatic carbocycles. The highest BCUT2D eigenvalue weighted by Crippen LogP contribution is 2.18. The zero-order chi connectivity index (χ0) is 12.8. The summed E-state index contributed by atoms with van der Waals surface area (Å²) in [6, 6.07) is 0.479. The van der Waals surface area contributed by atoms with E-state index in [0.717, 1.165) is 39.3 Å². The van der Waals surface area contributed by atoms with E-state index in [-0.39, 0.29) is 6.10 Å². The summed E-state index contributed by atoms with van der Waals surface area (Å²) in [4.78, 5) is 4.54. The summed E-state index contributed by atoms with van der Waals surface area (Å²) >= 11 is 0. The summed E-state index contributed by atoms with van der Waals surface area (Å²) in [7, 11) is 4.18. The predicted octanol–water partition coefficient (Wildman–Crippen LogP) is 0.656. The normalized spacial score (nSPS) is 24.5. The molecule has 0 saturated carbocycles. The highest BCUT2D eigenvalue weighted by Gasteiger charge is 2.26. The monoisotopic (exact) mass is 244 g/mol. The van der Waals surface area contributed by atoms with E-state index in [0.29, 0.717) is 12.0 Å². The lowest BCUT2D eigenvalue weighted by atomic mass is 10.0. The Morgan fingerprint density at radius 3 is 2.53 bits per heavy atom. The molecule has 1 aliphatic rings. The molecule has 3 unspecified atom stereocenters. The molecule has 0 aromatic rings. The van der Waals surface area contributed by atoms with Gasteiger partial charge in [-0.05, 0) is 34.0 Å². The van der Waals surface area contributed by atoms with Crippen LogP contribution in [-0.4, -0.2) is 74.0 Å². The van der Waals surface area contributed by atoms with Crippen molar-refractivity contribution in [3.63, 3.8) is 0 Å². The summed E-state index contributed by atoms with van der Waals surface area (Å²) in [5.74, 6) is 0.329. The van der Waals surface area contributed by atoms with Crippen LogP contribution in [0.1, 0.15) is 20.3 Å². The highest BCUT2D eigenvalue weighted by molar-refractivity contribution is 4.78. The third-order valence-electron chi connectivity index (χ3n) is 3.59. The number of aliphatic hydroxyl groups excluding tert-OH is 1. The highest BCUT2D eigenvalue weighted by atomic mass is 16.5. The topological polar surface area (TPSA) is 35.9 Å². The molecule has 0 aromatic heterocycles. The van der Waals surface area contributed by atoms with Gasteiger partial charge in [-0.25, -0.2) is 0 Å². The fourth-order valence-corrected chi connectivity index (χ4v) is 2.51. The van der Waals surface area contributed by atoms with Gasteiger partial charge < -0.3 is 14.7 Å². The van der Waals surface area contributed by atoms with Gasteiger partial charge in [-0.2, -0.15) is 0 Å². The predicted molar refractivity (Wildman–Crippen MR) is 70.2 cm³/mol. The fraction of sp³-hybridized carbons (Fsp3) is 1.00. The van der Waals surface area contributed by atoms with Crippen LogP contribution in [0.25, 0.3) is 0 Å². The molecule has 0 amide bonds. The number of hydrogen-bond acceptors (Lipinski definition) is 4. The number of nitrogens with zero attached hydrogens (tertiary/aromatic N) is 2. The molecule has 1 fully saturated rings. The Morgan fingerprint density at radius 1 is 1.35 bits per heavy atom. The van der Waals surface area contributed by atoms with Crippen molar-refractivity contribution in [2.45, 2.75) is 32.4 Å². The number of hydrogen-bond donors (Lipinski definition) is 1. The molecular formula is C13H28N2O2. The lowest BCUT2D eigenvalue weighted by Gasteiger charge is -2.32. The van der Waals surface area contributed by atoms with Gasteiger partial charge in [0.1, 0.15) is 0 Å². The van der Waals surface area contributed by atoms with Crippen molar-refractivity contribution in [3.8, 4) is 0 Å². The van der Waals surface area contributed by atoms with Crippen LogP contribution in [0.3, 0.4) is 0 Å². The minimum absolute atomic E-state index is 0.248. The smallest absolute Gasteiger partial charge is 0.0718 e. The van der Waals surface area contributed by atoms with Crippen molar-refractivity contribution < 1.29 is 9.84 Å². The lowest BCUT2D eigenvalue weighted by molar-refractivity contribution is 0.0415. The SMILES string of the molecule is CCN(CC(O)C1CCOC1)C(C)CN(C)C. The Kier molecular flexibility index (Phi) is 6.41. The van der Waals surface area contributed by atoms with Crippen molar-refractivity contribution in [2.75, 3.05) is 46.9 Å². The largest absolute Gasteiger partial charge is 0.391 e. The van der Waals surface area contributed by atoms with Crippen molar-refractivity contribution in [2.24, 2.45) is 5.92 Å². The summed E-state index contributed by atoms with van der Waals surface area (Å²) < 4.78 is 5.33. The van der Waals surface area contributed by atoms with Gasteiger partial charge in [-0.3, -0.25) is 4.90 Å². The first-order chi connectivity index (χ1) is 8.04. The van der Waals surface area contributed by atoms with E-state index in [1.54, 1.807) is 0 Å². The molecular weight excluding hydrogens is 216 g/mol. The minimum atomic E-state index is -0.248. The standard InChI is InChI=1S/C13H28N2O2/c1-5-15(11(2)8-14(3)4)9-13(16)12-6-7-17-10-12/h11-13,16H,5-10H2,1-4H3. The third kappa shape index (κ3) is 4.92. The van der Waals surface area contributed by atoms with Gasteiger partial charge in [0.2, 0.25) is 0 Å². The van der Waals surface area contributed by atoms with Crippen LogP contribution in [0.5, 0.6) is 0 Å². The molecule has 102 valence electrons. The van der Waals surface area contributed by atoms with Crippen molar-refractivity contribution in [1.29, 1.82) is 0 Å². The molecule has 4 nitrogen and oxygen atoms in total. The number of rotatable bonds is 7. The van der Waals surface area contributed by atoms with Crippen LogP contribution >= 0.6 is 0 Å². The molecule has 0 radical (unpaired) electrons. The van der Waals surface area contributed by atoms with E-state index in [1.807, 2.05) is 0 Å². The molecule has 4 heteroatoms. The van der Waals surface area contributed by atoms with Gasteiger partial charge in [-0.15, -0.1) is 0 Å². The Morgan fingerprint density at radius 2 is 2.06 bits per heavy atom. The first-order valence-electron chi connectivity index (χ1n) is 6.69. The van der Waals surface area contributed by atoms with E-state index >= 15 is 0 Å². The molecule has 1 N–H and O–H groups in total. The van der Waals surface area contributed by atoms with E-state index in [1.165, 1.54) is 0 Å². The summed E-state index contributed by atoms with van der Waals surface area (Å²) in [5, 5.41) is 10.2. The van der Waals surface area contributed by atoms with Crippen LogP contribution in [0.4, 0.5) is 0 Å². The second kappa shape index (κ2) is 7.31. The second-order valence-corrected chi connectivity index (χ2v) is 5.39. The Balaban J connectivity index is 2.39. The van der Waals surface area contributed by atoms with Crippen LogP contribution in [0, 0.1) is 5.92 Å². The Labute approximate surface area is 106 Å². The molecule has 1 heterocycles. The Bertz CT molecular complexity index is 206. The third-order valence-corrected chi connectivity index (χ3v) is 3.59. The van der Waals surface area contributed by atoms with E-state index in [4.69, 9.17) is 4.74 Å². The maximum Gasteiger partial charge on any atom is 0.0718 e. The fourth-order valence-electron chi connectivity index (χ4n) is 2.51. The summed E-state index contributed by atoms with van der Waals surface area (Å²) in [6.45, 7) is 8.69. The molecule has 3 atom stereocenters. The average Bonchev–Trinajstić information content (AvgIpc) is 2.77. The molecule has 0 bridgehead atoms. The zero-order valence-corrected chi connectivity index (χ0v) is 11.7. The number of aliphatic hydroxyl groups is 1. The van der Waals surface area contributed by atoms with Gasteiger partial charge in [0.25, 0.3) is 0 Å². The number of likely N-dealkylation sites (N-methyl/N-ethyl adjacent to an activating group) is 2. The van der Waals surface area contributed by atoms with Crippen molar-refractivity contribution in [3.05, 3.63) is 0 Å². The molecule has 1 rings (SSSR count). The van der Waals surface area contributed by atoms with Gasteiger partial charge in [0.15, 0.2) is 0 Å². The molecule has 0 spiro atoms. The quantitative estimate of drug-likeness (QED) is 0.713. The van der Waals surface area contributed by atoms with Gasteiger partial charge >= 0.3 is 0 Å². The van der Waals surface area contributed by atoms with Crippen LogP contribution in [-0.2, 0) is 4.74 Å². The van der Waals surface area contributed by atoms with Crippen LogP contribution in [0.2, 0.25) is 0 Å². The maximum atomic E-state index is 10.2. The minimum Gasteiger partial charge on any atom is -0.391 e.